The van der Waals surface area contributed by atoms with Gasteiger partial charge in [0.25, 0.3) is 0 Å². The van der Waals surface area contributed by atoms with Crippen LogP contribution in [0.1, 0.15) is 11.1 Å². The highest BCUT2D eigenvalue weighted by Gasteiger charge is 2.06. The first-order valence-electron chi connectivity index (χ1n) is 5.56. The molecule has 0 fully saturated rings. The van der Waals surface area contributed by atoms with Gasteiger partial charge in [-0.3, -0.25) is 0 Å². The van der Waals surface area contributed by atoms with Gasteiger partial charge in [-0.15, -0.1) is 0 Å². The summed E-state index contributed by atoms with van der Waals surface area (Å²) in [5, 5.41) is 9.12. The van der Waals surface area contributed by atoms with Crippen molar-refractivity contribution in [2.24, 2.45) is 0 Å². The second kappa shape index (κ2) is 6.12. The van der Waals surface area contributed by atoms with Gasteiger partial charge in [-0.25, -0.2) is 8.78 Å². The van der Waals surface area contributed by atoms with E-state index in [0.717, 1.165) is 5.56 Å². The van der Waals surface area contributed by atoms with Crippen molar-refractivity contribution >= 4 is 15.9 Å². The first-order valence-corrected chi connectivity index (χ1v) is 6.35. The average Bonchev–Trinajstić information content (AvgIpc) is 2.41. The maximum Gasteiger partial charge on any atom is 0.137 e. The Balaban J connectivity index is 2.12. The second-order valence-electron chi connectivity index (χ2n) is 3.95. The fourth-order valence-corrected chi connectivity index (χ4v) is 2.03. The molecule has 0 unspecified atom stereocenters. The van der Waals surface area contributed by atoms with Crippen molar-refractivity contribution in [3.05, 3.63) is 63.6 Å². The smallest absolute Gasteiger partial charge is 0.137 e. The molecule has 0 aliphatic heterocycles. The first-order chi connectivity index (χ1) is 9.10. The van der Waals surface area contributed by atoms with Gasteiger partial charge in [-0.05, 0) is 51.8 Å². The maximum atomic E-state index is 13.1. The molecule has 0 aromatic heterocycles. The van der Waals surface area contributed by atoms with Crippen LogP contribution in [0.25, 0.3) is 0 Å². The van der Waals surface area contributed by atoms with E-state index in [1.807, 2.05) is 0 Å². The Morgan fingerprint density at radius 2 is 1.89 bits per heavy atom. The molecule has 1 N–H and O–H groups in total. The fraction of sp³-hybridized carbons (Fsp3) is 0.143. The molecule has 0 aliphatic rings. The molecule has 19 heavy (non-hydrogen) atoms. The molecule has 0 heterocycles. The van der Waals surface area contributed by atoms with E-state index in [4.69, 9.17) is 9.84 Å². The van der Waals surface area contributed by atoms with Crippen LogP contribution in [0.15, 0.2) is 40.9 Å². The minimum Gasteiger partial charge on any atom is -0.489 e. The third-order valence-electron chi connectivity index (χ3n) is 2.57. The van der Waals surface area contributed by atoms with E-state index in [9.17, 15) is 8.78 Å². The van der Waals surface area contributed by atoms with Gasteiger partial charge in [0.2, 0.25) is 0 Å². The molecule has 2 nitrogen and oxygen atoms in total. The first kappa shape index (κ1) is 14.0. The van der Waals surface area contributed by atoms with Crippen molar-refractivity contribution in [3.63, 3.8) is 0 Å². The van der Waals surface area contributed by atoms with E-state index in [1.165, 1.54) is 24.3 Å². The van der Waals surface area contributed by atoms with Gasteiger partial charge in [0.05, 0.1) is 11.1 Å². The van der Waals surface area contributed by atoms with E-state index in [0.29, 0.717) is 15.8 Å². The molecule has 2 rings (SSSR count). The standard InChI is InChI=1S/C14H11BrF2O2/c15-12-5-9(1-3-13(12)17)8-19-14-4-2-11(16)6-10(14)7-18/h1-6,18H,7-8H2. The van der Waals surface area contributed by atoms with Gasteiger partial charge in [0.1, 0.15) is 24.0 Å². The summed E-state index contributed by atoms with van der Waals surface area (Å²) in [6, 6.07) is 8.48. The minimum absolute atomic E-state index is 0.206. The monoisotopic (exact) mass is 328 g/mol. The summed E-state index contributed by atoms with van der Waals surface area (Å²) in [6.45, 7) is -0.0995. The molecule has 0 spiro atoms. The SMILES string of the molecule is OCc1cc(F)ccc1OCc1ccc(F)c(Br)c1. The normalized spacial score (nSPS) is 10.5. The molecule has 0 amide bonds. The van der Waals surface area contributed by atoms with E-state index in [1.54, 1.807) is 12.1 Å². The third-order valence-corrected chi connectivity index (χ3v) is 3.18. The van der Waals surface area contributed by atoms with Crippen LogP contribution < -0.4 is 4.74 Å². The highest BCUT2D eigenvalue weighted by Crippen LogP contribution is 2.22. The molecule has 100 valence electrons. The molecule has 0 atom stereocenters. The van der Waals surface area contributed by atoms with Crippen LogP contribution in [0.2, 0.25) is 0 Å². The van der Waals surface area contributed by atoms with Crippen molar-refractivity contribution < 1.29 is 18.6 Å². The van der Waals surface area contributed by atoms with Crippen LogP contribution in [0.3, 0.4) is 0 Å². The highest BCUT2D eigenvalue weighted by molar-refractivity contribution is 9.10. The lowest BCUT2D eigenvalue weighted by Crippen LogP contribution is -1.99. The Morgan fingerprint density at radius 3 is 2.58 bits per heavy atom. The number of hydrogen-bond acceptors (Lipinski definition) is 2. The van der Waals surface area contributed by atoms with Gasteiger partial charge in [-0.2, -0.15) is 0 Å². The number of rotatable bonds is 4. The van der Waals surface area contributed by atoms with Gasteiger partial charge >= 0.3 is 0 Å². The van der Waals surface area contributed by atoms with E-state index >= 15 is 0 Å². The van der Waals surface area contributed by atoms with Crippen molar-refractivity contribution in [2.45, 2.75) is 13.2 Å². The average molecular weight is 329 g/mol. The molecule has 0 bridgehead atoms. The Hall–Kier alpha value is -1.46. The van der Waals surface area contributed by atoms with Crippen LogP contribution in [0.4, 0.5) is 8.78 Å². The molecule has 0 saturated carbocycles. The molecule has 2 aromatic rings. The van der Waals surface area contributed by atoms with Gasteiger partial charge in [-0.1, -0.05) is 6.07 Å². The topological polar surface area (TPSA) is 29.5 Å². The molecule has 0 radical (unpaired) electrons. The third kappa shape index (κ3) is 3.52. The highest BCUT2D eigenvalue weighted by atomic mass is 79.9. The second-order valence-corrected chi connectivity index (χ2v) is 4.80. The molecule has 5 heteroatoms. The van der Waals surface area contributed by atoms with Crippen molar-refractivity contribution in [1.29, 1.82) is 0 Å². The van der Waals surface area contributed by atoms with Gasteiger partial charge < -0.3 is 9.84 Å². The van der Waals surface area contributed by atoms with Gasteiger partial charge in [0, 0.05) is 5.56 Å². The molecular weight excluding hydrogens is 318 g/mol. The summed E-state index contributed by atoms with van der Waals surface area (Å²) in [5.74, 6) is -0.369. The van der Waals surface area contributed by atoms with Crippen molar-refractivity contribution in [1.82, 2.24) is 0 Å². The number of aliphatic hydroxyl groups is 1. The largest absolute Gasteiger partial charge is 0.489 e. The summed E-state index contributed by atoms with van der Waals surface area (Å²) in [5.41, 5.74) is 1.14. The zero-order valence-corrected chi connectivity index (χ0v) is 11.5. The van der Waals surface area contributed by atoms with Crippen LogP contribution in [0, 0.1) is 11.6 Å². The number of halogens is 3. The lowest BCUT2D eigenvalue weighted by molar-refractivity contribution is 0.258. The van der Waals surface area contributed by atoms with E-state index in [2.05, 4.69) is 15.9 Å². The Morgan fingerprint density at radius 1 is 1.11 bits per heavy atom. The van der Waals surface area contributed by atoms with Crippen LogP contribution in [-0.2, 0) is 13.2 Å². The lowest BCUT2D eigenvalue weighted by atomic mass is 10.2. The summed E-state index contributed by atoms with van der Waals surface area (Å²) in [7, 11) is 0. The summed E-state index contributed by atoms with van der Waals surface area (Å²) in [4.78, 5) is 0. The Bertz CT molecular complexity index is 588. The predicted molar refractivity (Wildman–Crippen MR) is 70.8 cm³/mol. The summed E-state index contributed by atoms with van der Waals surface area (Å²) < 4.78 is 31.9. The quantitative estimate of drug-likeness (QED) is 0.925. The Labute approximate surface area is 117 Å². The number of ether oxygens (including phenoxy) is 1. The molecule has 0 aliphatic carbocycles. The number of benzene rings is 2. The molecule has 2 aromatic carbocycles. The number of aliphatic hydroxyl groups excluding tert-OH is 1. The fourth-order valence-electron chi connectivity index (χ4n) is 1.60. The predicted octanol–water partition coefficient (Wildman–Crippen LogP) is 3.80. The maximum absolute atomic E-state index is 13.1. The van der Waals surface area contributed by atoms with E-state index < -0.39 is 5.82 Å². The molecular formula is C14H11BrF2O2. The summed E-state index contributed by atoms with van der Waals surface area (Å²) in [6.07, 6.45) is 0. The van der Waals surface area contributed by atoms with Crippen molar-refractivity contribution in [3.8, 4) is 5.75 Å². The zero-order valence-electron chi connectivity index (χ0n) is 9.87. The molecule has 0 saturated heterocycles. The zero-order chi connectivity index (χ0) is 13.8. The van der Waals surface area contributed by atoms with Crippen molar-refractivity contribution in [2.75, 3.05) is 0 Å². The van der Waals surface area contributed by atoms with Crippen LogP contribution in [-0.4, -0.2) is 5.11 Å². The summed E-state index contributed by atoms with van der Waals surface area (Å²) >= 11 is 3.09. The van der Waals surface area contributed by atoms with Gasteiger partial charge in [0.15, 0.2) is 0 Å². The minimum atomic E-state index is -0.430. The van der Waals surface area contributed by atoms with Crippen LogP contribution in [0.5, 0.6) is 5.75 Å². The number of hydrogen-bond donors (Lipinski definition) is 1. The lowest BCUT2D eigenvalue weighted by Gasteiger charge is -2.10. The Kier molecular flexibility index (Phi) is 4.50. The van der Waals surface area contributed by atoms with E-state index in [-0.39, 0.29) is 19.0 Å². The van der Waals surface area contributed by atoms with Crippen LogP contribution >= 0.6 is 15.9 Å².